The molecule has 2 rings (SSSR count). The first kappa shape index (κ1) is 16.9. The second-order valence-electron chi connectivity index (χ2n) is 5.52. The first-order valence-electron chi connectivity index (χ1n) is 7.75. The zero-order valence-electron chi connectivity index (χ0n) is 13.7. The van der Waals surface area contributed by atoms with Crippen LogP contribution in [-0.4, -0.2) is 26.7 Å². The average Bonchev–Trinajstić information content (AvgIpc) is 2.58. The number of allylic oxidation sites excluding steroid dienone is 4. The Balaban J connectivity index is 2.04. The van der Waals surface area contributed by atoms with Gasteiger partial charge >= 0.3 is 0 Å². The van der Waals surface area contributed by atoms with Gasteiger partial charge in [-0.3, -0.25) is 4.79 Å². The number of methoxy groups -OCH3 is 2. The van der Waals surface area contributed by atoms with Crippen LogP contribution < -0.4 is 20.5 Å². The number of amides is 1. The first-order valence-corrected chi connectivity index (χ1v) is 7.75. The number of hydrogen-bond acceptors (Lipinski definition) is 4. The number of benzene rings is 1. The van der Waals surface area contributed by atoms with E-state index in [0.717, 1.165) is 42.9 Å². The molecule has 0 atom stereocenters. The summed E-state index contributed by atoms with van der Waals surface area (Å²) in [6.45, 7) is 0.189. The van der Waals surface area contributed by atoms with Gasteiger partial charge in [-0.1, -0.05) is 12.1 Å². The maximum absolute atomic E-state index is 10.8. The molecular weight excluding hydrogens is 292 g/mol. The number of nitrogens with one attached hydrogen (secondary N) is 1. The normalized spacial score (nSPS) is 15.9. The Bertz CT molecular complexity index is 621. The van der Waals surface area contributed by atoms with Crippen LogP contribution in [0.15, 0.2) is 41.6 Å². The van der Waals surface area contributed by atoms with Crippen LogP contribution in [0.1, 0.15) is 24.8 Å². The largest absolute Gasteiger partial charge is 0.493 e. The summed E-state index contributed by atoms with van der Waals surface area (Å²) in [5.41, 5.74) is 8.69. The van der Waals surface area contributed by atoms with Crippen molar-refractivity contribution in [2.75, 3.05) is 20.8 Å². The van der Waals surface area contributed by atoms with Crippen molar-refractivity contribution in [2.45, 2.75) is 25.7 Å². The highest BCUT2D eigenvalue weighted by atomic mass is 16.5. The van der Waals surface area contributed by atoms with Crippen LogP contribution in [0.2, 0.25) is 0 Å². The standard InChI is InChI=1S/C18H24N2O3/c1-22-16-9-8-14(11-17(16)23-2)7-6-13-4-3-5-15(10-13)20-12-18(19)21/h6,8-11,20H,3-5,7,12H2,1-2H3,(H2,19,21)/b13-6-. The highest BCUT2D eigenvalue weighted by Gasteiger charge is 2.08. The minimum atomic E-state index is -0.340. The van der Waals surface area contributed by atoms with Crippen molar-refractivity contribution in [3.05, 3.63) is 47.2 Å². The maximum Gasteiger partial charge on any atom is 0.236 e. The molecule has 0 spiro atoms. The molecular formula is C18H24N2O3. The van der Waals surface area contributed by atoms with E-state index in [1.165, 1.54) is 11.1 Å². The predicted octanol–water partition coefficient (Wildman–Crippen LogP) is 2.32. The Hall–Kier alpha value is -2.43. The Labute approximate surface area is 137 Å². The lowest BCUT2D eigenvalue weighted by Crippen LogP contribution is -2.28. The smallest absolute Gasteiger partial charge is 0.236 e. The highest BCUT2D eigenvalue weighted by Crippen LogP contribution is 2.28. The van der Waals surface area contributed by atoms with Crippen molar-refractivity contribution in [1.82, 2.24) is 5.32 Å². The summed E-state index contributed by atoms with van der Waals surface area (Å²) in [5, 5.41) is 3.09. The van der Waals surface area contributed by atoms with E-state index in [2.05, 4.69) is 17.5 Å². The van der Waals surface area contributed by atoms with Crippen LogP contribution in [0.5, 0.6) is 11.5 Å². The van der Waals surface area contributed by atoms with Gasteiger partial charge in [0.1, 0.15) is 0 Å². The number of nitrogens with two attached hydrogens (primary N) is 1. The van der Waals surface area contributed by atoms with E-state index in [1.54, 1.807) is 14.2 Å². The second kappa shape index (κ2) is 8.27. The predicted molar refractivity (Wildman–Crippen MR) is 90.5 cm³/mol. The second-order valence-corrected chi connectivity index (χ2v) is 5.52. The quantitative estimate of drug-likeness (QED) is 0.809. The molecule has 0 radical (unpaired) electrons. The van der Waals surface area contributed by atoms with Gasteiger partial charge < -0.3 is 20.5 Å². The maximum atomic E-state index is 10.8. The van der Waals surface area contributed by atoms with Crippen molar-refractivity contribution >= 4 is 5.91 Å². The van der Waals surface area contributed by atoms with Gasteiger partial charge in [0, 0.05) is 5.70 Å². The number of hydrogen-bond donors (Lipinski definition) is 2. The van der Waals surface area contributed by atoms with Crippen molar-refractivity contribution < 1.29 is 14.3 Å². The third-order valence-electron chi connectivity index (χ3n) is 3.81. The minimum Gasteiger partial charge on any atom is -0.493 e. The van der Waals surface area contributed by atoms with Gasteiger partial charge in [-0.2, -0.15) is 0 Å². The van der Waals surface area contributed by atoms with Crippen molar-refractivity contribution in [3.8, 4) is 11.5 Å². The van der Waals surface area contributed by atoms with E-state index in [4.69, 9.17) is 15.2 Å². The lowest BCUT2D eigenvalue weighted by Gasteiger charge is -2.16. The monoisotopic (exact) mass is 316 g/mol. The highest BCUT2D eigenvalue weighted by molar-refractivity contribution is 5.76. The van der Waals surface area contributed by atoms with Crippen molar-refractivity contribution in [2.24, 2.45) is 5.73 Å². The fourth-order valence-corrected chi connectivity index (χ4v) is 2.61. The first-order chi connectivity index (χ1) is 11.1. The number of primary amides is 1. The summed E-state index contributed by atoms with van der Waals surface area (Å²) >= 11 is 0. The molecule has 0 aliphatic heterocycles. The zero-order chi connectivity index (χ0) is 16.7. The Morgan fingerprint density at radius 2 is 2.04 bits per heavy atom. The van der Waals surface area contributed by atoms with Crippen molar-refractivity contribution in [3.63, 3.8) is 0 Å². The lowest BCUT2D eigenvalue weighted by molar-refractivity contribution is -0.117. The molecule has 5 nitrogen and oxygen atoms in total. The summed E-state index contributed by atoms with van der Waals surface area (Å²) in [7, 11) is 3.27. The van der Waals surface area contributed by atoms with Gasteiger partial charge in [-0.25, -0.2) is 0 Å². The number of carbonyl (C=O) groups excluding carboxylic acids is 1. The summed E-state index contributed by atoms with van der Waals surface area (Å²) in [5.74, 6) is 1.14. The van der Waals surface area contributed by atoms with Crippen LogP contribution in [0, 0.1) is 0 Å². The molecule has 3 N–H and O–H groups in total. The van der Waals surface area contributed by atoms with E-state index < -0.39 is 0 Å². The molecule has 1 aliphatic rings. The Morgan fingerprint density at radius 1 is 1.26 bits per heavy atom. The number of ether oxygens (including phenoxy) is 2. The molecule has 0 bridgehead atoms. The van der Waals surface area contributed by atoms with Gasteiger partial charge in [0.25, 0.3) is 0 Å². The lowest BCUT2D eigenvalue weighted by atomic mass is 9.97. The number of rotatable bonds is 7. The SMILES string of the molecule is COc1ccc(C/C=C2\C=C(NCC(N)=O)CCC2)cc1OC. The third kappa shape index (κ3) is 5.06. The van der Waals surface area contributed by atoms with Crippen molar-refractivity contribution in [1.29, 1.82) is 0 Å². The van der Waals surface area contributed by atoms with Crippen LogP contribution in [0.4, 0.5) is 0 Å². The van der Waals surface area contributed by atoms with Gasteiger partial charge in [0.2, 0.25) is 5.91 Å². The fraction of sp³-hybridized carbons (Fsp3) is 0.389. The molecule has 0 heterocycles. The third-order valence-corrected chi connectivity index (χ3v) is 3.81. The minimum absolute atomic E-state index is 0.189. The van der Waals surface area contributed by atoms with Gasteiger partial charge in [0.05, 0.1) is 20.8 Å². The molecule has 23 heavy (non-hydrogen) atoms. The summed E-state index contributed by atoms with van der Waals surface area (Å²) in [6, 6.07) is 5.95. The van der Waals surface area contributed by atoms with E-state index in [-0.39, 0.29) is 12.5 Å². The van der Waals surface area contributed by atoms with Crippen LogP contribution >= 0.6 is 0 Å². The molecule has 5 heteroatoms. The Kier molecular flexibility index (Phi) is 6.09. The molecule has 0 unspecified atom stereocenters. The van der Waals surface area contributed by atoms with E-state index in [9.17, 15) is 4.79 Å². The Morgan fingerprint density at radius 3 is 2.74 bits per heavy atom. The molecule has 1 aromatic carbocycles. The summed E-state index contributed by atoms with van der Waals surface area (Å²) < 4.78 is 10.6. The average molecular weight is 316 g/mol. The molecule has 0 saturated carbocycles. The number of carbonyl (C=O) groups is 1. The molecule has 124 valence electrons. The van der Waals surface area contributed by atoms with Gasteiger partial charge in [-0.15, -0.1) is 0 Å². The molecule has 0 fully saturated rings. The molecule has 1 aliphatic carbocycles. The molecule has 0 saturated heterocycles. The summed E-state index contributed by atoms with van der Waals surface area (Å²) in [6.07, 6.45) is 8.25. The van der Waals surface area contributed by atoms with Crippen LogP contribution in [0.3, 0.4) is 0 Å². The zero-order valence-corrected chi connectivity index (χ0v) is 13.7. The van der Waals surface area contributed by atoms with Crippen LogP contribution in [0.25, 0.3) is 0 Å². The summed E-state index contributed by atoms with van der Waals surface area (Å²) in [4.78, 5) is 10.8. The van der Waals surface area contributed by atoms with E-state index >= 15 is 0 Å². The van der Waals surface area contributed by atoms with Gasteiger partial charge in [0.15, 0.2) is 11.5 Å². The molecule has 1 amide bonds. The molecule has 0 aromatic heterocycles. The molecule has 1 aromatic rings. The fourth-order valence-electron chi connectivity index (χ4n) is 2.61. The van der Waals surface area contributed by atoms with E-state index in [1.807, 2.05) is 18.2 Å². The topological polar surface area (TPSA) is 73.6 Å². The van der Waals surface area contributed by atoms with E-state index in [0.29, 0.717) is 0 Å². The van der Waals surface area contributed by atoms with Gasteiger partial charge in [-0.05, 0) is 55.0 Å². The van der Waals surface area contributed by atoms with Crippen LogP contribution in [-0.2, 0) is 11.2 Å².